The molecular formula is C23H21N5O4S. The van der Waals surface area contributed by atoms with Crippen molar-refractivity contribution in [1.29, 1.82) is 0 Å². The molecule has 33 heavy (non-hydrogen) atoms. The van der Waals surface area contributed by atoms with E-state index in [2.05, 4.69) is 10.1 Å². The smallest absolute Gasteiger partial charge is 0.264 e. The van der Waals surface area contributed by atoms with Gasteiger partial charge in [-0.2, -0.15) is 5.10 Å². The maximum atomic E-state index is 13.3. The summed E-state index contributed by atoms with van der Waals surface area (Å²) < 4.78 is 26.9. The van der Waals surface area contributed by atoms with E-state index in [1.807, 2.05) is 36.4 Å². The normalized spacial score (nSPS) is 17.3. The molecule has 2 aromatic heterocycles. The largest absolute Gasteiger partial charge is 0.307 e. The van der Waals surface area contributed by atoms with Crippen LogP contribution in [0.2, 0.25) is 0 Å². The third-order valence-electron chi connectivity index (χ3n) is 5.74. The number of carbonyl (C=O) groups excluding carboxylic acids is 1. The van der Waals surface area contributed by atoms with E-state index in [0.29, 0.717) is 23.1 Å². The molecule has 1 amide bonds. The van der Waals surface area contributed by atoms with Crippen molar-refractivity contribution < 1.29 is 13.2 Å². The molecular weight excluding hydrogens is 442 g/mol. The van der Waals surface area contributed by atoms with Crippen LogP contribution in [-0.2, 0) is 21.2 Å². The van der Waals surface area contributed by atoms with E-state index in [9.17, 15) is 18.0 Å². The van der Waals surface area contributed by atoms with Gasteiger partial charge < -0.3 is 4.90 Å². The number of aromatic nitrogens is 4. The molecule has 0 N–H and O–H groups in total. The summed E-state index contributed by atoms with van der Waals surface area (Å²) in [6, 6.07) is 17.8. The molecule has 5 rings (SSSR count). The Labute approximate surface area is 189 Å². The quantitative estimate of drug-likeness (QED) is 0.447. The summed E-state index contributed by atoms with van der Waals surface area (Å²) in [6.45, 7) is -0.260. The average Bonchev–Trinajstić information content (AvgIpc) is 3.41. The van der Waals surface area contributed by atoms with Gasteiger partial charge in [-0.05, 0) is 30.7 Å². The van der Waals surface area contributed by atoms with Crippen molar-refractivity contribution >= 4 is 32.5 Å². The molecule has 1 fully saturated rings. The van der Waals surface area contributed by atoms with Crippen LogP contribution in [0.1, 0.15) is 6.42 Å². The number of benzene rings is 2. The Kier molecular flexibility index (Phi) is 5.29. The van der Waals surface area contributed by atoms with Crippen molar-refractivity contribution in [3.8, 4) is 5.69 Å². The van der Waals surface area contributed by atoms with Crippen molar-refractivity contribution in [3.63, 3.8) is 0 Å². The molecule has 4 aromatic rings. The maximum Gasteiger partial charge on any atom is 0.264 e. The zero-order chi connectivity index (χ0) is 23.0. The molecule has 10 heteroatoms. The first-order chi connectivity index (χ1) is 15.9. The second-order valence-corrected chi connectivity index (χ2v) is 10.2. The first-order valence-electron chi connectivity index (χ1n) is 10.5. The van der Waals surface area contributed by atoms with Gasteiger partial charge in [-0.3, -0.25) is 14.2 Å². The van der Waals surface area contributed by atoms with Crippen LogP contribution in [0.15, 0.2) is 78.0 Å². The second kappa shape index (κ2) is 8.28. The fourth-order valence-electron chi connectivity index (χ4n) is 4.17. The minimum atomic E-state index is -3.20. The maximum absolute atomic E-state index is 13.3. The van der Waals surface area contributed by atoms with E-state index in [-0.39, 0.29) is 29.5 Å². The number of para-hydroxylation sites is 2. The Bertz CT molecular complexity index is 1480. The number of rotatable bonds is 5. The summed E-state index contributed by atoms with van der Waals surface area (Å²) in [7, 11) is -3.20. The Morgan fingerprint density at radius 3 is 2.42 bits per heavy atom. The van der Waals surface area contributed by atoms with Gasteiger partial charge in [0, 0.05) is 5.69 Å². The fraction of sp³-hybridized carbons (Fsp3) is 0.217. The highest BCUT2D eigenvalue weighted by Gasteiger charge is 2.35. The summed E-state index contributed by atoms with van der Waals surface area (Å²) in [5.41, 5.74) is 1.38. The number of hydrogen-bond acceptors (Lipinski definition) is 6. The van der Waals surface area contributed by atoms with Crippen molar-refractivity contribution in [1.82, 2.24) is 19.3 Å². The lowest BCUT2D eigenvalue weighted by molar-refractivity contribution is -0.119. The highest BCUT2D eigenvalue weighted by molar-refractivity contribution is 7.91. The average molecular weight is 464 g/mol. The predicted molar refractivity (Wildman–Crippen MR) is 124 cm³/mol. The molecule has 0 spiro atoms. The first kappa shape index (κ1) is 21.1. The Morgan fingerprint density at radius 1 is 1.06 bits per heavy atom. The van der Waals surface area contributed by atoms with Gasteiger partial charge in [-0.1, -0.05) is 36.4 Å². The van der Waals surface area contributed by atoms with E-state index < -0.39 is 15.9 Å². The van der Waals surface area contributed by atoms with Crippen molar-refractivity contribution in [2.45, 2.75) is 19.0 Å². The SMILES string of the molecule is O=C(Cn1cnc2c(cnn2-c2ccccc2)c1=O)N(c1ccccc1)[C@@H]1CCS(=O)(=O)C1. The standard InChI is InChI=1S/C23H21N5O4S/c29-21(27(17-7-3-1-4-8-17)19-11-12-33(31,32)15-19)14-26-16-24-22-20(23(26)30)13-25-28(22)18-9-5-2-6-10-18/h1-10,13,16,19H,11-12,14-15H2/t19-/m1/s1. The molecule has 0 saturated carbocycles. The van der Waals surface area contributed by atoms with Crippen LogP contribution in [-0.4, -0.2) is 51.2 Å². The molecule has 3 heterocycles. The van der Waals surface area contributed by atoms with Crippen molar-refractivity contribution in [3.05, 3.63) is 83.5 Å². The molecule has 0 radical (unpaired) electrons. The number of nitrogens with zero attached hydrogens (tertiary/aromatic N) is 5. The lowest BCUT2D eigenvalue weighted by Crippen LogP contribution is -2.44. The van der Waals surface area contributed by atoms with Crippen LogP contribution in [0, 0.1) is 0 Å². The van der Waals surface area contributed by atoms with Gasteiger partial charge in [0.1, 0.15) is 18.3 Å². The van der Waals surface area contributed by atoms with E-state index in [1.54, 1.807) is 28.9 Å². The summed E-state index contributed by atoms with van der Waals surface area (Å²) in [4.78, 5) is 32.3. The van der Waals surface area contributed by atoms with Gasteiger partial charge in [-0.25, -0.2) is 18.1 Å². The number of amides is 1. The van der Waals surface area contributed by atoms with Crippen molar-refractivity contribution in [2.24, 2.45) is 0 Å². The summed E-state index contributed by atoms with van der Waals surface area (Å²) in [6.07, 6.45) is 3.13. The van der Waals surface area contributed by atoms with Gasteiger partial charge in [0.15, 0.2) is 15.5 Å². The van der Waals surface area contributed by atoms with Gasteiger partial charge in [0.25, 0.3) is 5.56 Å². The van der Waals surface area contributed by atoms with Gasteiger partial charge >= 0.3 is 0 Å². The zero-order valence-corrected chi connectivity index (χ0v) is 18.4. The summed E-state index contributed by atoms with van der Waals surface area (Å²) in [5, 5.41) is 4.58. The lowest BCUT2D eigenvalue weighted by atomic mass is 10.1. The fourth-order valence-corrected chi connectivity index (χ4v) is 5.87. The Balaban J connectivity index is 1.48. The Morgan fingerprint density at radius 2 is 1.76 bits per heavy atom. The van der Waals surface area contributed by atoms with Gasteiger partial charge in [-0.15, -0.1) is 0 Å². The van der Waals surface area contributed by atoms with Crippen LogP contribution in [0.4, 0.5) is 5.69 Å². The van der Waals surface area contributed by atoms with Crippen LogP contribution >= 0.6 is 0 Å². The van der Waals surface area contributed by atoms with Gasteiger partial charge in [0.05, 0.1) is 29.4 Å². The topological polar surface area (TPSA) is 107 Å². The third kappa shape index (κ3) is 4.05. The minimum absolute atomic E-state index is 0.0421. The van der Waals surface area contributed by atoms with E-state index in [1.165, 1.54) is 22.0 Å². The third-order valence-corrected chi connectivity index (χ3v) is 7.49. The molecule has 1 saturated heterocycles. The molecule has 1 aliphatic heterocycles. The van der Waals surface area contributed by atoms with E-state index in [4.69, 9.17) is 0 Å². The number of hydrogen-bond donors (Lipinski definition) is 0. The number of sulfone groups is 1. The molecule has 168 valence electrons. The molecule has 0 aliphatic carbocycles. The van der Waals surface area contributed by atoms with Crippen LogP contribution in [0.3, 0.4) is 0 Å². The van der Waals surface area contributed by atoms with Crippen LogP contribution < -0.4 is 10.5 Å². The van der Waals surface area contributed by atoms with Gasteiger partial charge in [0.2, 0.25) is 5.91 Å². The molecule has 2 aromatic carbocycles. The molecule has 1 aliphatic rings. The molecule has 1 atom stereocenters. The highest BCUT2D eigenvalue weighted by atomic mass is 32.2. The van der Waals surface area contributed by atoms with E-state index >= 15 is 0 Å². The van der Waals surface area contributed by atoms with Crippen molar-refractivity contribution in [2.75, 3.05) is 16.4 Å². The van der Waals surface area contributed by atoms with E-state index in [0.717, 1.165) is 5.69 Å². The number of fused-ring (bicyclic) bond motifs is 1. The predicted octanol–water partition coefficient (Wildman–Crippen LogP) is 1.80. The summed E-state index contributed by atoms with van der Waals surface area (Å²) >= 11 is 0. The molecule has 0 bridgehead atoms. The number of carbonyl (C=O) groups is 1. The Hall–Kier alpha value is -3.79. The monoisotopic (exact) mass is 463 g/mol. The first-order valence-corrected chi connectivity index (χ1v) is 12.3. The second-order valence-electron chi connectivity index (χ2n) is 7.96. The highest BCUT2D eigenvalue weighted by Crippen LogP contribution is 2.25. The van der Waals surface area contributed by atoms with Crippen LogP contribution in [0.25, 0.3) is 16.7 Å². The number of anilines is 1. The zero-order valence-electron chi connectivity index (χ0n) is 17.6. The molecule has 0 unspecified atom stereocenters. The minimum Gasteiger partial charge on any atom is -0.307 e. The van der Waals surface area contributed by atoms with Crippen LogP contribution in [0.5, 0.6) is 0 Å². The summed E-state index contributed by atoms with van der Waals surface area (Å²) in [5.74, 6) is -0.425. The molecule has 9 nitrogen and oxygen atoms in total. The lowest BCUT2D eigenvalue weighted by Gasteiger charge is -2.28.